The van der Waals surface area contributed by atoms with Crippen molar-refractivity contribution in [2.75, 3.05) is 13.2 Å². The summed E-state index contributed by atoms with van der Waals surface area (Å²) in [7, 11) is 0. The fourth-order valence-corrected chi connectivity index (χ4v) is 6.31. The summed E-state index contributed by atoms with van der Waals surface area (Å²) in [5.41, 5.74) is 0. The van der Waals surface area contributed by atoms with Crippen LogP contribution in [0.15, 0.2) is 7.57 Å². The molecule has 0 saturated heterocycles. The molecule has 0 aliphatic carbocycles. The Labute approximate surface area is 157 Å². The summed E-state index contributed by atoms with van der Waals surface area (Å²) < 4.78 is 26.3. The molecule has 126 valence electrons. The van der Waals surface area contributed by atoms with Crippen LogP contribution in [0.1, 0.15) is 35.9 Å². The number of carbonyl (C=O) groups is 2. The van der Waals surface area contributed by atoms with E-state index in [2.05, 4.69) is 31.9 Å². The van der Waals surface area contributed by atoms with Gasteiger partial charge in [-0.15, -0.1) is 22.7 Å². The predicted molar refractivity (Wildman–Crippen MR) is 95.8 cm³/mol. The van der Waals surface area contributed by atoms with Gasteiger partial charge in [-0.3, -0.25) is 4.79 Å². The first-order valence-corrected chi connectivity index (χ1v) is 10.1. The molecule has 0 aliphatic heterocycles. The van der Waals surface area contributed by atoms with Gasteiger partial charge in [0.2, 0.25) is 0 Å². The number of ether oxygens (including phenoxy) is 2. The number of hydrogen-bond acceptors (Lipinski definition) is 6. The first-order valence-electron chi connectivity index (χ1n) is 6.84. The monoisotopic (exact) mass is 486 g/mol. The molecule has 0 N–H and O–H groups in total. The summed E-state index contributed by atoms with van der Waals surface area (Å²) in [5.74, 6) is -1.50. The molecule has 0 saturated carbocycles. The molecule has 0 aromatic carbocycles. The van der Waals surface area contributed by atoms with Crippen LogP contribution >= 0.6 is 54.5 Å². The van der Waals surface area contributed by atoms with Gasteiger partial charge in [0.1, 0.15) is 4.88 Å². The van der Waals surface area contributed by atoms with Crippen molar-refractivity contribution in [3.05, 3.63) is 18.3 Å². The molecule has 2 heterocycles. The normalized spacial score (nSPS) is 11.0. The van der Waals surface area contributed by atoms with Gasteiger partial charge in [0.25, 0.3) is 0 Å². The summed E-state index contributed by atoms with van der Waals surface area (Å²) >= 11 is 9.07. The fourth-order valence-electron chi connectivity index (χ4n) is 1.87. The third-order valence-electron chi connectivity index (χ3n) is 2.90. The van der Waals surface area contributed by atoms with Crippen molar-refractivity contribution in [3.8, 4) is 0 Å². The van der Waals surface area contributed by atoms with E-state index < -0.39 is 11.8 Å². The van der Waals surface area contributed by atoms with Crippen molar-refractivity contribution in [3.63, 3.8) is 0 Å². The second kappa shape index (κ2) is 8.55. The van der Waals surface area contributed by atoms with E-state index in [1.165, 1.54) is 11.3 Å². The van der Waals surface area contributed by atoms with Crippen LogP contribution in [-0.2, 0) is 14.3 Å². The molecule has 0 spiro atoms. The summed E-state index contributed by atoms with van der Waals surface area (Å²) in [4.78, 5) is 23.1. The smallest absolute Gasteiger partial charge is 0.351 e. The highest BCUT2D eigenvalue weighted by Crippen LogP contribution is 2.45. The zero-order valence-corrected chi connectivity index (χ0v) is 16.9. The molecule has 0 aliphatic rings. The molecule has 23 heavy (non-hydrogen) atoms. The maximum absolute atomic E-state index is 14.3. The molecule has 0 bridgehead atoms. The first kappa shape index (κ1) is 18.8. The van der Waals surface area contributed by atoms with E-state index in [1.807, 2.05) is 0 Å². The van der Waals surface area contributed by atoms with Crippen molar-refractivity contribution >= 4 is 76.6 Å². The van der Waals surface area contributed by atoms with Crippen molar-refractivity contribution in [2.24, 2.45) is 0 Å². The molecule has 0 amide bonds. The number of hydrogen-bond donors (Lipinski definition) is 0. The van der Waals surface area contributed by atoms with Gasteiger partial charge in [-0.25, -0.2) is 9.18 Å². The van der Waals surface area contributed by atoms with E-state index in [-0.39, 0.29) is 23.9 Å². The Kier molecular flexibility index (Phi) is 7.00. The van der Waals surface area contributed by atoms with Gasteiger partial charge in [-0.05, 0) is 51.6 Å². The van der Waals surface area contributed by atoms with Crippen LogP contribution < -0.4 is 0 Å². The highest BCUT2D eigenvalue weighted by Gasteiger charge is 2.24. The minimum absolute atomic E-state index is 0.0328. The van der Waals surface area contributed by atoms with Gasteiger partial charge in [0.15, 0.2) is 5.82 Å². The van der Waals surface area contributed by atoms with Crippen LogP contribution in [-0.4, -0.2) is 25.2 Å². The molecule has 0 fully saturated rings. The summed E-state index contributed by atoms with van der Waals surface area (Å²) in [6.07, 6.45) is 1.37. The van der Waals surface area contributed by atoms with E-state index in [1.54, 1.807) is 6.92 Å². The largest absolute Gasteiger partial charge is 0.466 e. The van der Waals surface area contributed by atoms with Gasteiger partial charge in [-0.1, -0.05) is 0 Å². The maximum Gasteiger partial charge on any atom is 0.351 e. The standard InChI is InChI=1S/C14H13Br2FO4S2/c1-2-20-7(18)5-3-4-6-21-14(19)11-9(17)8-10(22-11)13(16)23-12(8)15/h2-6H2,1H3. The van der Waals surface area contributed by atoms with E-state index in [4.69, 9.17) is 9.47 Å². The van der Waals surface area contributed by atoms with E-state index >= 15 is 0 Å². The van der Waals surface area contributed by atoms with Gasteiger partial charge in [0.05, 0.1) is 30.9 Å². The Morgan fingerprint density at radius 3 is 2.52 bits per heavy atom. The van der Waals surface area contributed by atoms with Crippen LogP contribution in [0.4, 0.5) is 4.39 Å². The van der Waals surface area contributed by atoms with Crippen LogP contribution in [0.25, 0.3) is 10.1 Å². The number of halogens is 3. The third kappa shape index (κ3) is 4.52. The predicted octanol–water partition coefficient (Wildman–Crippen LogP) is 5.52. The number of fused-ring (bicyclic) bond motifs is 1. The molecule has 2 rings (SSSR count). The van der Waals surface area contributed by atoms with Crippen molar-refractivity contribution in [2.45, 2.75) is 26.2 Å². The molecular formula is C14H13Br2FO4S2. The van der Waals surface area contributed by atoms with Crippen molar-refractivity contribution in [1.82, 2.24) is 0 Å². The summed E-state index contributed by atoms with van der Waals surface area (Å²) in [5, 5.41) is 0.404. The average Bonchev–Trinajstić information content (AvgIpc) is 2.98. The molecule has 0 unspecified atom stereocenters. The van der Waals surface area contributed by atoms with Crippen LogP contribution in [0.3, 0.4) is 0 Å². The number of rotatable bonds is 7. The van der Waals surface area contributed by atoms with Crippen LogP contribution in [0.5, 0.6) is 0 Å². The van der Waals surface area contributed by atoms with Crippen molar-refractivity contribution in [1.29, 1.82) is 0 Å². The van der Waals surface area contributed by atoms with E-state index in [0.717, 1.165) is 15.1 Å². The fraction of sp³-hybridized carbons (Fsp3) is 0.429. The topological polar surface area (TPSA) is 52.6 Å². The Hall–Kier alpha value is -0.510. The lowest BCUT2D eigenvalue weighted by Crippen LogP contribution is -2.08. The zero-order chi connectivity index (χ0) is 17.0. The summed E-state index contributed by atoms with van der Waals surface area (Å²) in [6, 6.07) is 0. The molecule has 4 nitrogen and oxygen atoms in total. The Bertz CT molecular complexity index is 726. The lowest BCUT2D eigenvalue weighted by atomic mass is 10.2. The maximum atomic E-state index is 14.3. The Morgan fingerprint density at radius 1 is 1.13 bits per heavy atom. The molecule has 2 aromatic rings. The van der Waals surface area contributed by atoms with Crippen LogP contribution in [0.2, 0.25) is 0 Å². The number of carbonyl (C=O) groups excluding carboxylic acids is 2. The highest BCUT2D eigenvalue weighted by molar-refractivity contribution is 9.12. The SMILES string of the molecule is CCOC(=O)CCCCOC(=O)c1sc2c(Br)sc(Br)c2c1F. The zero-order valence-electron chi connectivity index (χ0n) is 12.1. The number of thiophene rings is 2. The quantitative estimate of drug-likeness (QED) is 0.381. The highest BCUT2D eigenvalue weighted by atomic mass is 79.9. The molecule has 0 atom stereocenters. The Balaban J connectivity index is 1.88. The minimum atomic E-state index is -0.677. The van der Waals surface area contributed by atoms with Gasteiger partial charge in [0, 0.05) is 6.42 Å². The lowest BCUT2D eigenvalue weighted by molar-refractivity contribution is -0.143. The third-order valence-corrected chi connectivity index (χ3v) is 6.99. The van der Waals surface area contributed by atoms with Gasteiger partial charge >= 0.3 is 11.9 Å². The molecular weight excluding hydrogens is 475 g/mol. The van der Waals surface area contributed by atoms with E-state index in [0.29, 0.717) is 33.3 Å². The minimum Gasteiger partial charge on any atom is -0.466 e. The first-order chi connectivity index (χ1) is 11.0. The number of esters is 2. The van der Waals surface area contributed by atoms with Crippen LogP contribution in [0, 0.1) is 5.82 Å². The van der Waals surface area contributed by atoms with E-state index in [9.17, 15) is 14.0 Å². The number of unbranched alkanes of at least 4 members (excludes halogenated alkanes) is 1. The van der Waals surface area contributed by atoms with Gasteiger partial charge < -0.3 is 9.47 Å². The molecule has 2 aromatic heterocycles. The lowest BCUT2D eigenvalue weighted by Gasteiger charge is -2.04. The summed E-state index contributed by atoms with van der Waals surface area (Å²) in [6.45, 7) is 2.25. The Morgan fingerprint density at radius 2 is 1.87 bits per heavy atom. The second-order valence-corrected chi connectivity index (χ2v) is 9.17. The second-order valence-electron chi connectivity index (χ2n) is 4.50. The average molecular weight is 488 g/mol. The van der Waals surface area contributed by atoms with Gasteiger partial charge in [-0.2, -0.15) is 0 Å². The molecule has 0 radical (unpaired) electrons. The molecule has 9 heteroatoms. The van der Waals surface area contributed by atoms with Crippen molar-refractivity contribution < 1.29 is 23.5 Å².